The lowest BCUT2D eigenvalue weighted by atomic mass is 10.1. The molecule has 0 rings (SSSR count). The molecule has 0 fully saturated rings. The molecule has 0 aliphatic carbocycles. The Kier molecular flexibility index (Phi) is 7.52. The van der Waals surface area contributed by atoms with Gasteiger partial charge in [0.25, 0.3) is 0 Å². The summed E-state index contributed by atoms with van der Waals surface area (Å²) in [5.41, 5.74) is 1.20. The summed E-state index contributed by atoms with van der Waals surface area (Å²) in [6, 6.07) is 0. The smallest absolute Gasteiger partial charge is 0.303 e. The molecule has 0 atom stereocenters. The molecule has 2 heteroatoms. The summed E-state index contributed by atoms with van der Waals surface area (Å²) in [7, 11) is 0. The van der Waals surface area contributed by atoms with Gasteiger partial charge in [-0.2, -0.15) is 0 Å². The third-order valence-corrected chi connectivity index (χ3v) is 1.82. The van der Waals surface area contributed by atoms with Crippen molar-refractivity contribution < 1.29 is 9.90 Å². The molecule has 0 aliphatic rings. The van der Waals surface area contributed by atoms with Gasteiger partial charge in [-0.15, -0.1) is 0 Å². The van der Waals surface area contributed by atoms with Crippen molar-refractivity contribution in [3.8, 4) is 0 Å². The van der Waals surface area contributed by atoms with Crippen LogP contribution in [0, 0.1) is 0 Å². The lowest BCUT2D eigenvalue weighted by Crippen LogP contribution is -1.93. The number of hydrogen-bond donors (Lipinski definition) is 1. The second-order valence-corrected chi connectivity index (χ2v) is 3.08. The summed E-state index contributed by atoms with van der Waals surface area (Å²) in [6.07, 6.45) is 10.6. The van der Waals surface area contributed by atoms with Gasteiger partial charge >= 0.3 is 5.97 Å². The average Bonchev–Trinajstić information content (AvgIpc) is 2.12. The van der Waals surface area contributed by atoms with E-state index in [1.807, 2.05) is 25.2 Å². The summed E-state index contributed by atoms with van der Waals surface area (Å²) >= 11 is 0. The lowest BCUT2D eigenvalue weighted by Gasteiger charge is -2.00. The zero-order valence-corrected chi connectivity index (χ0v) is 8.70. The minimum Gasteiger partial charge on any atom is -0.481 e. The predicted molar refractivity (Wildman–Crippen MR) is 59.2 cm³/mol. The van der Waals surface area contributed by atoms with Crippen LogP contribution in [0.2, 0.25) is 0 Å². The van der Waals surface area contributed by atoms with Crippen LogP contribution in [-0.4, -0.2) is 11.1 Å². The molecule has 78 valence electrons. The van der Waals surface area contributed by atoms with Crippen LogP contribution in [-0.2, 0) is 4.79 Å². The molecule has 0 heterocycles. The van der Waals surface area contributed by atoms with Crippen LogP contribution in [0.1, 0.15) is 32.6 Å². The Bertz CT molecular complexity index is 237. The third-order valence-electron chi connectivity index (χ3n) is 1.82. The number of carboxylic acid groups (broad SMARTS) is 1. The molecule has 1 N–H and O–H groups in total. The summed E-state index contributed by atoms with van der Waals surface area (Å²) in [5, 5.41) is 8.44. The van der Waals surface area contributed by atoms with Crippen molar-refractivity contribution in [2.24, 2.45) is 0 Å². The maximum Gasteiger partial charge on any atom is 0.303 e. The minimum atomic E-state index is -0.717. The SMILES string of the molecule is C=C/C=C(\C=C/C)CCCCC(=O)O. The van der Waals surface area contributed by atoms with Gasteiger partial charge in [0.05, 0.1) is 0 Å². The quantitative estimate of drug-likeness (QED) is 0.498. The van der Waals surface area contributed by atoms with Crippen LogP contribution in [0.25, 0.3) is 0 Å². The van der Waals surface area contributed by atoms with E-state index in [0.29, 0.717) is 0 Å². The monoisotopic (exact) mass is 194 g/mol. The van der Waals surface area contributed by atoms with Crippen LogP contribution in [0.15, 0.2) is 36.5 Å². The molecule has 2 nitrogen and oxygen atoms in total. The van der Waals surface area contributed by atoms with Crippen LogP contribution < -0.4 is 0 Å². The first kappa shape index (κ1) is 12.7. The highest BCUT2D eigenvalue weighted by Gasteiger charge is 1.97. The van der Waals surface area contributed by atoms with Gasteiger partial charge < -0.3 is 5.11 Å². The number of hydrogen-bond acceptors (Lipinski definition) is 1. The highest BCUT2D eigenvalue weighted by molar-refractivity contribution is 5.66. The Morgan fingerprint density at radius 3 is 2.50 bits per heavy atom. The van der Waals surface area contributed by atoms with Crippen molar-refractivity contribution in [3.63, 3.8) is 0 Å². The van der Waals surface area contributed by atoms with Crippen molar-refractivity contribution in [2.75, 3.05) is 0 Å². The largest absolute Gasteiger partial charge is 0.481 e. The molecule has 0 saturated carbocycles. The molecule has 0 radical (unpaired) electrons. The number of allylic oxidation sites excluding steroid dienone is 5. The van der Waals surface area contributed by atoms with Crippen molar-refractivity contribution in [1.29, 1.82) is 0 Å². The molecule has 0 saturated heterocycles. The van der Waals surface area contributed by atoms with Crippen LogP contribution >= 0.6 is 0 Å². The second-order valence-electron chi connectivity index (χ2n) is 3.08. The van der Waals surface area contributed by atoms with E-state index in [2.05, 4.69) is 6.58 Å². The van der Waals surface area contributed by atoms with Crippen LogP contribution in [0.3, 0.4) is 0 Å². The van der Waals surface area contributed by atoms with Gasteiger partial charge in [-0.1, -0.05) is 30.9 Å². The standard InChI is InChI=1S/C12H18O2/c1-3-7-11(8-4-2)9-5-6-10-12(13)14/h3-4,7-8H,1,5-6,9-10H2,2H3,(H,13,14)/b8-4-,11-7+. The van der Waals surface area contributed by atoms with Gasteiger partial charge in [0.2, 0.25) is 0 Å². The Labute approximate surface area is 85.6 Å². The highest BCUT2D eigenvalue weighted by atomic mass is 16.4. The molecule has 0 aromatic carbocycles. The summed E-state index contributed by atoms with van der Waals surface area (Å²) in [4.78, 5) is 10.3. The molecule has 0 unspecified atom stereocenters. The topological polar surface area (TPSA) is 37.3 Å². The molecule has 0 aromatic rings. The first-order valence-corrected chi connectivity index (χ1v) is 4.86. The fourth-order valence-electron chi connectivity index (χ4n) is 1.19. The molecule has 0 aromatic heterocycles. The number of aliphatic carboxylic acids is 1. The van der Waals surface area contributed by atoms with Gasteiger partial charge in [-0.25, -0.2) is 0 Å². The third kappa shape index (κ3) is 7.35. The molecule has 0 amide bonds. The van der Waals surface area contributed by atoms with Crippen molar-refractivity contribution in [2.45, 2.75) is 32.6 Å². The normalized spacial score (nSPS) is 11.9. The molecule has 0 bridgehead atoms. The number of rotatable bonds is 7. The molecular formula is C12H18O2. The predicted octanol–water partition coefficient (Wildman–Crippen LogP) is 3.32. The fraction of sp³-hybridized carbons (Fsp3) is 0.417. The second kappa shape index (κ2) is 8.30. The first-order chi connectivity index (χ1) is 6.70. The Morgan fingerprint density at radius 2 is 2.00 bits per heavy atom. The maximum atomic E-state index is 10.3. The number of unbranched alkanes of at least 4 members (excludes halogenated alkanes) is 1. The Balaban J connectivity index is 3.78. The van der Waals surface area contributed by atoms with E-state index in [0.717, 1.165) is 19.3 Å². The van der Waals surface area contributed by atoms with Crippen molar-refractivity contribution >= 4 is 5.97 Å². The Hall–Kier alpha value is -1.31. The zero-order chi connectivity index (χ0) is 10.8. The highest BCUT2D eigenvalue weighted by Crippen LogP contribution is 2.10. The van der Waals surface area contributed by atoms with Crippen LogP contribution in [0.4, 0.5) is 0 Å². The first-order valence-electron chi connectivity index (χ1n) is 4.86. The summed E-state index contributed by atoms with van der Waals surface area (Å²) < 4.78 is 0. The summed E-state index contributed by atoms with van der Waals surface area (Å²) in [5.74, 6) is -0.717. The molecule has 0 spiro atoms. The Morgan fingerprint density at radius 1 is 1.36 bits per heavy atom. The van der Waals surface area contributed by atoms with E-state index in [9.17, 15) is 4.79 Å². The van der Waals surface area contributed by atoms with Gasteiger partial charge in [0.15, 0.2) is 0 Å². The lowest BCUT2D eigenvalue weighted by molar-refractivity contribution is -0.137. The molecule has 0 aliphatic heterocycles. The zero-order valence-electron chi connectivity index (χ0n) is 8.70. The van der Waals surface area contributed by atoms with Crippen molar-refractivity contribution in [3.05, 3.63) is 36.5 Å². The fourth-order valence-corrected chi connectivity index (χ4v) is 1.19. The van der Waals surface area contributed by atoms with Gasteiger partial charge in [-0.05, 0) is 31.8 Å². The molecular weight excluding hydrogens is 176 g/mol. The van der Waals surface area contributed by atoms with E-state index < -0.39 is 5.97 Å². The van der Waals surface area contributed by atoms with E-state index in [1.54, 1.807) is 6.08 Å². The number of carboxylic acids is 1. The van der Waals surface area contributed by atoms with E-state index in [4.69, 9.17) is 5.11 Å². The van der Waals surface area contributed by atoms with Crippen molar-refractivity contribution in [1.82, 2.24) is 0 Å². The number of carbonyl (C=O) groups is 1. The summed E-state index contributed by atoms with van der Waals surface area (Å²) in [6.45, 7) is 5.60. The van der Waals surface area contributed by atoms with Gasteiger partial charge in [0, 0.05) is 6.42 Å². The van der Waals surface area contributed by atoms with Gasteiger partial charge in [0.1, 0.15) is 0 Å². The van der Waals surface area contributed by atoms with E-state index in [1.165, 1.54) is 5.57 Å². The van der Waals surface area contributed by atoms with Crippen LogP contribution in [0.5, 0.6) is 0 Å². The minimum absolute atomic E-state index is 0.261. The van der Waals surface area contributed by atoms with E-state index >= 15 is 0 Å². The van der Waals surface area contributed by atoms with E-state index in [-0.39, 0.29) is 6.42 Å². The van der Waals surface area contributed by atoms with Gasteiger partial charge in [-0.3, -0.25) is 4.79 Å². The average molecular weight is 194 g/mol. The maximum absolute atomic E-state index is 10.3. The molecule has 14 heavy (non-hydrogen) atoms.